The summed E-state index contributed by atoms with van der Waals surface area (Å²) in [6.45, 7) is 9.20. The lowest BCUT2D eigenvalue weighted by molar-refractivity contribution is -0.133. The first-order valence-corrected chi connectivity index (χ1v) is 8.02. The number of carboxylic acids is 2. The monoisotopic (exact) mass is 324 g/mol. The zero-order valence-electron chi connectivity index (χ0n) is 14.0. The van der Waals surface area contributed by atoms with Crippen LogP contribution in [0.3, 0.4) is 0 Å². The summed E-state index contributed by atoms with van der Waals surface area (Å²) in [7, 11) is 0. The minimum absolute atomic E-state index is 0.176. The fourth-order valence-electron chi connectivity index (χ4n) is 4.06. The van der Waals surface area contributed by atoms with Crippen molar-refractivity contribution in [2.45, 2.75) is 58.0 Å². The van der Waals surface area contributed by atoms with Crippen LogP contribution in [0.2, 0.25) is 0 Å². The molecule has 0 saturated heterocycles. The topological polar surface area (TPSA) is 94.8 Å². The van der Waals surface area contributed by atoms with Gasteiger partial charge in [-0.15, -0.1) is 0 Å². The largest absolute Gasteiger partial charge is 0.478 e. The van der Waals surface area contributed by atoms with Gasteiger partial charge in [-0.2, -0.15) is 0 Å². The lowest BCUT2D eigenvalue weighted by Gasteiger charge is -2.54. The Balaban J connectivity index is 0.000000192. The fraction of sp³-hybridized carbons (Fsp3) is 0.667. The van der Waals surface area contributed by atoms with E-state index in [1.807, 2.05) is 0 Å². The van der Waals surface area contributed by atoms with E-state index in [0.717, 1.165) is 37.0 Å². The number of aliphatic hydroxyl groups is 1. The molecule has 4 aliphatic carbocycles. The third-order valence-corrected chi connectivity index (χ3v) is 4.74. The van der Waals surface area contributed by atoms with Gasteiger partial charge in [-0.3, -0.25) is 0 Å². The average Bonchev–Trinajstić information content (AvgIpc) is 2.36. The highest BCUT2D eigenvalue weighted by Crippen LogP contribution is 2.55. The fourth-order valence-corrected chi connectivity index (χ4v) is 4.06. The molecule has 0 spiro atoms. The van der Waals surface area contributed by atoms with E-state index >= 15 is 0 Å². The van der Waals surface area contributed by atoms with Gasteiger partial charge < -0.3 is 15.3 Å². The minimum Gasteiger partial charge on any atom is -0.478 e. The Labute approximate surface area is 137 Å². The molecule has 0 aromatic carbocycles. The second kappa shape index (κ2) is 7.77. The van der Waals surface area contributed by atoms with Crippen molar-refractivity contribution in [2.75, 3.05) is 0 Å². The van der Waals surface area contributed by atoms with Crippen molar-refractivity contribution in [2.24, 2.45) is 17.8 Å². The Morgan fingerprint density at radius 2 is 1.04 bits per heavy atom. The first kappa shape index (κ1) is 19.4. The van der Waals surface area contributed by atoms with Crippen LogP contribution in [0.15, 0.2) is 24.3 Å². The molecule has 3 N–H and O–H groups in total. The van der Waals surface area contributed by atoms with Crippen LogP contribution < -0.4 is 0 Å². The molecule has 5 nitrogen and oxygen atoms in total. The van der Waals surface area contributed by atoms with Crippen molar-refractivity contribution in [3.05, 3.63) is 24.3 Å². The number of hydrogen-bond donors (Lipinski definition) is 3. The SMILES string of the molecule is C=C(C)C(=O)O.C=C(C)C(=O)O.OC12CC3CC(CC(C3)C1)C2. The minimum atomic E-state index is -0.935. The first-order valence-electron chi connectivity index (χ1n) is 8.02. The highest BCUT2D eigenvalue weighted by Gasteiger charge is 2.49. The summed E-state index contributed by atoms with van der Waals surface area (Å²) < 4.78 is 0. The molecule has 0 unspecified atom stereocenters. The van der Waals surface area contributed by atoms with Crippen LogP contribution in [-0.2, 0) is 9.59 Å². The summed E-state index contributed by atoms with van der Waals surface area (Å²) in [6, 6.07) is 0. The predicted octanol–water partition coefficient (Wildman–Crippen LogP) is 3.24. The van der Waals surface area contributed by atoms with Crippen LogP contribution in [0.1, 0.15) is 52.4 Å². The number of carbonyl (C=O) groups is 2. The maximum absolute atomic E-state index is 10.1. The molecule has 0 heterocycles. The Bertz CT molecular complexity index is 408. The van der Waals surface area contributed by atoms with Gasteiger partial charge in [0, 0.05) is 11.1 Å². The van der Waals surface area contributed by atoms with Crippen LogP contribution in [0, 0.1) is 17.8 Å². The normalized spacial score (nSPS) is 32.7. The van der Waals surface area contributed by atoms with E-state index in [9.17, 15) is 14.7 Å². The van der Waals surface area contributed by atoms with Gasteiger partial charge in [0.1, 0.15) is 0 Å². The van der Waals surface area contributed by atoms with Gasteiger partial charge in [0.25, 0.3) is 0 Å². The third kappa shape index (κ3) is 6.18. The molecule has 0 aliphatic heterocycles. The smallest absolute Gasteiger partial charge is 0.330 e. The maximum Gasteiger partial charge on any atom is 0.330 e. The lowest BCUT2D eigenvalue weighted by atomic mass is 9.54. The molecular formula is C18H28O5. The summed E-state index contributed by atoms with van der Waals surface area (Å²) in [5, 5.41) is 25.9. The van der Waals surface area contributed by atoms with Gasteiger partial charge in [-0.25, -0.2) is 9.59 Å². The summed E-state index contributed by atoms with van der Waals surface area (Å²) in [5.74, 6) is 0.814. The molecule has 0 amide bonds. The van der Waals surface area contributed by atoms with E-state index in [4.69, 9.17) is 10.2 Å². The van der Waals surface area contributed by atoms with Crippen molar-refractivity contribution < 1.29 is 24.9 Å². The van der Waals surface area contributed by atoms with Crippen LogP contribution in [0.5, 0.6) is 0 Å². The molecule has 4 saturated carbocycles. The van der Waals surface area contributed by atoms with Gasteiger partial charge in [0.2, 0.25) is 0 Å². The molecule has 4 aliphatic rings. The van der Waals surface area contributed by atoms with E-state index in [-0.39, 0.29) is 16.7 Å². The lowest BCUT2D eigenvalue weighted by Crippen LogP contribution is -2.50. The Morgan fingerprint density at radius 3 is 1.17 bits per heavy atom. The molecule has 23 heavy (non-hydrogen) atoms. The van der Waals surface area contributed by atoms with Crippen LogP contribution >= 0.6 is 0 Å². The summed E-state index contributed by atoms with van der Waals surface area (Å²) in [6.07, 6.45) is 7.66. The number of carboxylic acid groups (broad SMARTS) is 2. The molecule has 0 aromatic heterocycles. The zero-order chi connectivity index (χ0) is 17.8. The Morgan fingerprint density at radius 1 is 0.826 bits per heavy atom. The molecule has 0 aromatic rings. The molecule has 4 bridgehead atoms. The molecular weight excluding hydrogens is 296 g/mol. The highest BCUT2D eigenvalue weighted by molar-refractivity contribution is 5.85. The molecule has 4 rings (SSSR count). The van der Waals surface area contributed by atoms with E-state index in [0.29, 0.717) is 0 Å². The second-order valence-electron chi connectivity index (χ2n) is 7.31. The van der Waals surface area contributed by atoms with Crippen molar-refractivity contribution in [3.8, 4) is 0 Å². The molecule has 130 valence electrons. The zero-order valence-corrected chi connectivity index (χ0v) is 14.0. The molecule has 4 fully saturated rings. The maximum atomic E-state index is 10.1. The van der Waals surface area contributed by atoms with Crippen molar-refractivity contribution >= 4 is 11.9 Å². The average molecular weight is 324 g/mol. The van der Waals surface area contributed by atoms with E-state index in [1.165, 1.54) is 33.1 Å². The molecule has 0 radical (unpaired) electrons. The van der Waals surface area contributed by atoms with Crippen LogP contribution in [0.25, 0.3) is 0 Å². The van der Waals surface area contributed by atoms with Crippen molar-refractivity contribution in [3.63, 3.8) is 0 Å². The molecule has 0 atom stereocenters. The van der Waals surface area contributed by atoms with Crippen LogP contribution in [-0.4, -0.2) is 32.9 Å². The summed E-state index contributed by atoms with van der Waals surface area (Å²) in [4.78, 5) is 19.2. The van der Waals surface area contributed by atoms with Crippen molar-refractivity contribution in [1.29, 1.82) is 0 Å². The van der Waals surface area contributed by atoms with Gasteiger partial charge in [0.15, 0.2) is 0 Å². The van der Waals surface area contributed by atoms with Gasteiger partial charge in [-0.05, 0) is 70.1 Å². The van der Waals surface area contributed by atoms with Gasteiger partial charge in [-0.1, -0.05) is 13.2 Å². The first-order chi connectivity index (χ1) is 10.5. The van der Waals surface area contributed by atoms with Crippen molar-refractivity contribution in [1.82, 2.24) is 0 Å². The number of rotatable bonds is 2. The Kier molecular flexibility index (Phi) is 6.57. The van der Waals surface area contributed by atoms with E-state index in [2.05, 4.69) is 13.2 Å². The summed E-state index contributed by atoms with van der Waals surface area (Å²) >= 11 is 0. The van der Waals surface area contributed by atoms with E-state index < -0.39 is 11.9 Å². The van der Waals surface area contributed by atoms with E-state index in [1.54, 1.807) is 0 Å². The Hall–Kier alpha value is -1.62. The van der Waals surface area contributed by atoms with Gasteiger partial charge in [0.05, 0.1) is 5.60 Å². The third-order valence-electron chi connectivity index (χ3n) is 4.74. The van der Waals surface area contributed by atoms with Gasteiger partial charge >= 0.3 is 11.9 Å². The number of aliphatic carboxylic acids is 2. The number of hydrogen-bond acceptors (Lipinski definition) is 3. The molecule has 5 heteroatoms. The van der Waals surface area contributed by atoms with Crippen LogP contribution in [0.4, 0.5) is 0 Å². The highest BCUT2D eigenvalue weighted by atomic mass is 16.4. The second-order valence-corrected chi connectivity index (χ2v) is 7.31. The summed E-state index contributed by atoms with van der Waals surface area (Å²) in [5.41, 5.74) is 0.152. The quantitative estimate of drug-likeness (QED) is 0.678. The predicted molar refractivity (Wildman–Crippen MR) is 88.0 cm³/mol. The standard InChI is InChI=1S/C10H16O.2C4H6O2/c11-10-4-7-1-8(5-10)3-9(2-7)6-10;2*1-3(2)4(5)6/h7-9,11H,1-6H2;2*1H2,2H3,(H,5,6).